The highest BCUT2D eigenvalue weighted by Crippen LogP contribution is 2.32. The maximum atomic E-state index is 12.8. The number of fused-ring (bicyclic) bond motifs is 3. The first kappa shape index (κ1) is 11.9. The van der Waals surface area contributed by atoms with E-state index in [0.717, 1.165) is 21.9 Å². The van der Waals surface area contributed by atoms with Crippen LogP contribution in [0, 0.1) is 0 Å². The molecular formula is C19H12O2. The van der Waals surface area contributed by atoms with Crippen molar-refractivity contribution in [1.82, 2.24) is 0 Å². The molecule has 0 fully saturated rings. The molecule has 0 unspecified atom stereocenters. The zero-order chi connectivity index (χ0) is 14.2. The van der Waals surface area contributed by atoms with E-state index < -0.39 is 0 Å². The molecule has 2 heteroatoms. The molecular weight excluding hydrogens is 260 g/mol. The van der Waals surface area contributed by atoms with Crippen LogP contribution in [0.5, 0.6) is 0 Å². The van der Waals surface area contributed by atoms with Gasteiger partial charge in [-0.15, -0.1) is 0 Å². The molecule has 0 saturated carbocycles. The first-order valence-corrected chi connectivity index (χ1v) is 6.84. The van der Waals surface area contributed by atoms with Crippen molar-refractivity contribution in [2.45, 2.75) is 0 Å². The Balaban J connectivity index is 2.03. The molecule has 0 atom stereocenters. The average molecular weight is 272 g/mol. The van der Waals surface area contributed by atoms with Crippen molar-refractivity contribution in [3.05, 3.63) is 83.9 Å². The van der Waals surface area contributed by atoms with Gasteiger partial charge < -0.3 is 4.42 Å². The van der Waals surface area contributed by atoms with Crippen molar-refractivity contribution < 1.29 is 9.21 Å². The molecule has 100 valence electrons. The molecule has 0 radical (unpaired) electrons. The summed E-state index contributed by atoms with van der Waals surface area (Å²) < 4.78 is 5.83. The topological polar surface area (TPSA) is 30.2 Å². The van der Waals surface area contributed by atoms with E-state index in [4.69, 9.17) is 4.42 Å². The molecule has 0 aliphatic carbocycles. The highest BCUT2D eigenvalue weighted by atomic mass is 16.3. The smallest absolute Gasteiger partial charge is 0.193 e. The van der Waals surface area contributed by atoms with E-state index in [1.807, 2.05) is 72.8 Å². The Labute approximate surface area is 121 Å². The predicted molar refractivity (Wildman–Crippen MR) is 83.6 cm³/mol. The Kier molecular flexibility index (Phi) is 2.61. The fraction of sp³-hybridized carbons (Fsp3) is 0. The quantitative estimate of drug-likeness (QED) is 0.490. The molecule has 1 heterocycles. The lowest BCUT2D eigenvalue weighted by molar-refractivity contribution is 0.104. The number of carbonyl (C=O) groups is 1. The summed E-state index contributed by atoms with van der Waals surface area (Å²) in [4.78, 5) is 12.8. The molecule has 3 aromatic carbocycles. The van der Waals surface area contributed by atoms with Gasteiger partial charge in [0.25, 0.3) is 0 Å². The lowest BCUT2D eigenvalue weighted by Crippen LogP contribution is -2.01. The minimum absolute atomic E-state index is 0.0211. The second-order valence-electron chi connectivity index (χ2n) is 4.97. The maximum absolute atomic E-state index is 12.8. The summed E-state index contributed by atoms with van der Waals surface area (Å²) in [6.07, 6.45) is 0. The molecule has 4 rings (SSSR count). The van der Waals surface area contributed by atoms with Gasteiger partial charge >= 0.3 is 0 Å². The van der Waals surface area contributed by atoms with E-state index in [9.17, 15) is 4.79 Å². The maximum Gasteiger partial charge on any atom is 0.193 e. The second kappa shape index (κ2) is 4.60. The first-order valence-electron chi connectivity index (χ1n) is 6.84. The molecule has 0 spiro atoms. The largest absolute Gasteiger partial charge is 0.456 e. The van der Waals surface area contributed by atoms with Crippen molar-refractivity contribution in [3.63, 3.8) is 0 Å². The summed E-state index contributed by atoms with van der Waals surface area (Å²) in [5, 5.41) is 1.87. The Bertz CT molecular complexity index is 949. The lowest BCUT2D eigenvalue weighted by Gasteiger charge is -2.02. The molecule has 0 aliphatic heterocycles. The van der Waals surface area contributed by atoms with E-state index in [1.54, 1.807) is 0 Å². The molecule has 21 heavy (non-hydrogen) atoms. The Morgan fingerprint density at radius 2 is 1.43 bits per heavy atom. The predicted octanol–water partition coefficient (Wildman–Crippen LogP) is 4.82. The number of ketones is 1. The van der Waals surface area contributed by atoms with Gasteiger partial charge in [0.1, 0.15) is 11.2 Å². The molecule has 4 aromatic rings. The second-order valence-corrected chi connectivity index (χ2v) is 4.97. The van der Waals surface area contributed by atoms with Gasteiger partial charge in [0.15, 0.2) is 5.78 Å². The van der Waals surface area contributed by atoms with Gasteiger partial charge in [-0.1, -0.05) is 60.7 Å². The van der Waals surface area contributed by atoms with Crippen LogP contribution in [0.15, 0.2) is 77.2 Å². The van der Waals surface area contributed by atoms with E-state index in [2.05, 4.69) is 0 Å². The molecule has 2 nitrogen and oxygen atoms in total. The van der Waals surface area contributed by atoms with Crippen LogP contribution < -0.4 is 0 Å². The third-order valence-electron chi connectivity index (χ3n) is 3.68. The summed E-state index contributed by atoms with van der Waals surface area (Å²) in [6.45, 7) is 0. The number of furan rings is 1. The number of para-hydroxylation sites is 1. The van der Waals surface area contributed by atoms with Gasteiger partial charge in [-0.3, -0.25) is 4.79 Å². The highest BCUT2D eigenvalue weighted by Gasteiger charge is 2.16. The summed E-state index contributed by atoms with van der Waals surface area (Å²) in [6, 6.07) is 22.8. The average Bonchev–Trinajstić information content (AvgIpc) is 2.93. The van der Waals surface area contributed by atoms with Gasteiger partial charge in [-0.25, -0.2) is 0 Å². The minimum Gasteiger partial charge on any atom is -0.456 e. The highest BCUT2D eigenvalue weighted by molar-refractivity contribution is 6.21. The zero-order valence-corrected chi connectivity index (χ0v) is 11.2. The third kappa shape index (κ3) is 1.84. The fourth-order valence-corrected chi connectivity index (χ4v) is 2.71. The lowest BCUT2D eigenvalue weighted by atomic mass is 9.98. The number of hydrogen-bond donors (Lipinski definition) is 0. The minimum atomic E-state index is 0.0211. The van der Waals surface area contributed by atoms with Crippen molar-refractivity contribution in [1.29, 1.82) is 0 Å². The van der Waals surface area contributed by atoms with E-state index >= 15 is 0 Å². The van der Waals surface area contributed by atoms with E-state index in [0.29, 0.717) is 11.1 Å². The third-order valence-corrected chi connectivity index (χ3v) is 3.68. The molecule has 0 amide bonds. The van der Waals surface area contributed by atoms with Crippen molar-refractivity contribution in [3.8, 4) is 0 Å². The standard InChI is InChI=1S/C19H12O2/c20-19(13-7-2-1-3-8-13)15-10-6-12-17-18(15)14-9-4-5-11-16(14)21-17/h1-12H. The number of hydrogen-bond acceptors (Lipinski definition) is 2. The number of rotatable bonds is 2. The van der Waals surface area contributed by atoms with Gasteiger partial charge in [0, 0.05) is 21.9 Å². The van der Waals surface area contributed by atoms with Gasteiger partial charge in [-0.05, 0) is 12.1 Å². The van der Waals surface area contributed by atoms with Crippen LogP contribution >= 0.6 is 0 Å². The fourth-order valence-electron chi connectivity index (χ4n) is 2.71. The van der Waals surface area contributed by atoms with E-state index in [1.165, 1.54) is 0 Å². The number of benzene rings is 3. The monoisotopic (exact) mass is 272 g/mol. The van der Waals surface area contributed by atoms with Crippen LogP contribution in [0.4, 0.5) is 0 Å². The number of carbonyl (C=O) groups excluding carboxylic acids is 1. The molecule has 0 aliphatic rings. The van der Waals surface area contributed by atoms with Crippen LogP contribution in [-0.4, -0.2) is 5.78 Å². The molecule has 0 N–H and O–H groups in total. The molecule has 0 saturated heterocycles. The zero-order valence-electron chi connectivity index (χ0n) is 11.2. The summed E-state index contributed by atoms with van der Waals surface area (Å²) in [5.74, 6) is 0.0211. The summed E-state index contributed by atoms with van der Waals surface area (Å²) >= 11 is 0. The van der Waals surface area contributed by atoms with Crippen LogP contribution in [0.2, 0.25) is 0 Å². The Morgan fingerprint density at radius 3 is 2.29 bits per heavy atom. The van der Waals surface area contributed by atoms with Crippen LogP contribution in [0.3, 0.4) is 0 Å². The SMILES string of the molecule is O=C(c1ccccc1)c1cccc2oc3ccccc3c12. The van der Waals surface area contributed by atoms with Crippen LogP contribution in [0.1, 0.15) is 15.9 Å². The van der Waals surface area contributed by atoms with Gasteiger partial charge in [-0.2, -0.15) is 0 Å². The summed E-state index contributed by atoms with van der Waals surface area (Å²) in [5.41, 5.74) is 2.93. The van der Waals surface area contributed by atoms with Gasteiger partial charge in [0.05, 0.1) is 0 Å². The molecule has 0 bridgehead atoms. The Hall–Kier alpha value is -2.87. The van der Waals surface area contributed by atoms with Gasteiger partial charge in [0.2, 0.25) is 0 Å². The first-order chi connectivity index (χ1) is 10.3. The molecule has 1 aromatic heterocycles. The van der Waals surface area contributed by atoms with Crippen LogP contribution in [0.25, 0.3) is 21.9 Å². The van der Waals surface area contributed by atoms with Crippen molar-refractivity contribution >= 4 is 27.7 Å². The summed E-state index contributed by atoms with van der Waals surface area (Å²) in [7, 11) is 0. The van der Waals surface area contributed by atoms with Crippen LogP contribution in [-0.2, 0) is 0 Å². The normalized spacial score (nSPS) is 11.0. The van der Waals surface area contributed by atoms with Crippen molar-refractivity contribution in [2.75, 3.05) is 0 Å². The van der Waals surface area contributed by atoms with Crippen molar-refractivity contribution in [2.24, 2.45) is 0 Å². The van der Waals surface area contributed by atoms with E-state index in [-0.39, 0.29) is 5.78 Å². The Morgan fingerprint density at radius 1 is 0.714 bits per heavy atom.